The zero-order valence-electron chi connectivity index (χ0n) is 14.7. The van der Waals surface area contributed by atoms with Crippen LogP contribution in [0.3, 0.4) is 0 Å². The summed E-state index contributed by atoms with van der Waals surface area (Å²) in [5.74, 6) is -0.181. The zero-order valence-corrected chi connectivity index (χ0v) is 15.5. The number of carbonyl (C=O) groups excluding carboxylic acids is 2. The van der Waals surface area contributed by atoms with Crippen LogP contribution in [0.4, 0.5) is 0 Å². The number of hydrogen-bond acceptors (Lipinski definition) is 5. The Morgan fingerprint density at radius 3 is 2.96 bits per heavy atom. The molecular formula is C18H24N4O2S. The van der Waals surface area contributed by atoms with Gasteiger partial charge < -0.3 is 15.1 Å². The van der Waals surface area contributed by atoms with Gasteiger partial charge in [-0.05, 0) is 26.2 Å². The molecule has 0 spiro atoms. The van der Waals surface area contributed by atoms with Gasteiger partial charge in [-0.3, -0.25) is 9.59 Å². The van der Waals surface area contributed by atoms with Crippen LogP contribution >= 0.6 is 11.3 Å². The highest BCUT2D eigenvalue weighted by atomic mass is 32.1. The molecule has 2 amide bonds. The maximum atomic E-state index is 12.3. The Morgan fingerprint density at radius 2 is 2.20 bits per heavy atom. The van der Waals surface area contributed by atoms with E-state index in [1.54, 1.807) is 16.2 Å². The van der Waals surface area contributed by atoms with Gasteiger partial charge in [0.05, 0.1) is 21.1 Å². The molecule has 1 N–H and O–H groups in total. The van der Waals surface area contributed by atoms with Crippen LogP contribution in [0.25, 0.3) is 10.2 Å². The second-order valence-electron chi connectivity index (χ2n) is 6.66. The number of benzene rings is 1. The maximum absolute atomic E-state index is 12.3. The van der Waals surface area contributed by atoms with Crippen LogP contribution in [-0.2, 0) is 16.0 Å². The van der Waals surface area contributed by atoms with Crippen LogP contribution in [-0.4, -0.2) is 66.9 Å². The molecule has 1 unspecified atom stereocenters. The van der Waals surface area contributed by atoms with Crippen molar-refractivity contribution in [2.75, 3.05) is 40.3 Å². The molecule has 134 valence electrons. The van der Waals surface area contributed by atoms with Gasteiger partial charge in [0.15, 0.2) is 0 Å². The topological polar surface area (TPSA) is 65.5 Å². The fraction of sp³-hybridized carbons (Fsp3) is 0.500. The maximum Gasteiger partial charge on any atom is 0.225 e. The van der Waals surface area contributed by atoms with Crippen LogP contribution in [0.2, 0.25) is 0 Å². The molecule has 2 aromatic rings. The molecule has 7 heteroatoms. The SMILES string of the molecule is CN(C)CCN1CC(C(=O)NCCc2nc3ccccc3s2)CC1=O. The highest BCUT2D eigenvalue weighted by molar-refractivity contribution is 7.18. The van der Waals surface area contributed by atoms with Crippen molar-refractivity contribution >= 4 is 33.4 Å². The summed E-state index contributed by atoms with van der Waals surface area (Å²) in [7, 11) is 3.96. The van der Waals surface area contributed by atoms with Gasteiger partial charge in [-0.15, -0.1) is 11.3 Å². The van der Waals surface area contributed by atoms with E-state index in [-0.39, 0.29) is 17.7 Å². The standard InChI is InChI=1S/C18H24N4O2S/c1-21(2)9-10-22-12-13(11-17(22)23)18(24)19-8-7-16-20-14-5-3-4-6-15(14)25-16/h3-6,13H,7-12H2,1-2H3,(H,19,24). The van der Waals surface area contributed by atoms with Crippen molar-refractivity contribution in [3.05, 3.63) is 29.3 Å². The first-order chi connectivity index (χ1) is 12.0. The molecule has 0 bridgehead atoms. The summed E-state index contributed by atoms with van der Waals surface area (Å²) >= 11 is 1.66. The number of thiazole rings is 1. The highest BCUT2D eigenvalue weighted by Gasteiger charge is 2.33. The molecule has 1 aromatic carbocycles. The number of amides is 2. The fourth-order valence-electron chi connectivity index (χ4n) is 2.95. The molecule has 1 aromatic heterocycles. The van der Waals surface area contributed by atoms with Crippen LogP contribution in [0.1, 0.15) is 11.4 Å². The summed E-state index contributed by atoms with van der Waals surface area (Å²) in [6.45, 7) is 2.58. The first-order valence-electron chi connectivity index (χ1n) is 8.57. The number of aromatic nitrogens is 1. The van der Waals surface area contributed by atoms with E-state index in [9.17, 15) is 9.59 Å². The third-order valence-corrected chi connectivity index (χ3v) is 5.47. The molecule has 0 radical (unpaired) electrons. The Bertz CT molecular complexity index is 725. The van der Waals surface area contributed by atoms with E-state index in [1.807, 2.05) is 37.2 Å². The lowest BCUT2D eigenvalue weighted by molar-refractivity contribution is -0.129. The van der Waals surface area contributed by atoms with Crippen molar-refractivity contribution in [3.8, 4) is 0 Å². The van der Waals surface area contributed by atoms with Crippen LogP contribution in [0.15, 0.2) is 24.3 Å². The molecule has 1 aliphatic heterocycles. The van der Waals surface area contributed by atoms with Crippen molar-refractivity contribution < 1.29 is 9.59 Å². The third-order valence-electron chi connectivity index (χ3n) is 4.38. The van der Waals surface area contributed by atoms with E-state index < -0.39 is 0 Å². The van der Waals surface area contributed by atoms with E-state index in [0.717, 1.165) is 23.5 Å². The molecule has 0 saturated carbocycles. The number of carbonyl (C=O) groups is 2. The van der Waals surface area contributed by atoms with Gasteiger partial charge in [0.2, 0.25) is 11.8 Å². The molecule has 3 rings (SSSR count). The largest absolute Gasteiger partial charge is 0.355 e. The van der Waals surface area contributed by atoms with Crippen LogP contribution in [0, 0.1) is 5.92 Å². The first kappa shape index (κ1) is 17.8. The van der Waals surface area contributed by atoms with Crippen molar-refractivity contribution in [2.24, 2.45) is 5.92 Å². The van der Waals surface area contributed by atoms with Gasteiger partial charge in [-0.2, -0.15) is 0 Å². The summed E-state index contributed by atoms with van der Waals surface area (Å²) in [4.78, 5) is 32.7. The average Bonchev–Trinajstić information content (AvgIpc) is 3.15. The quantitative estimate of drug-likeness (QED) is 0.810. The molecule has 2 heterocycles. The van der Waals surface area contributed by atoms with E-state index in [2.05, 4.69) is 16.4 Å². The zero-order chi connectivity index (χ0) is 17.8. The predicted molar refractivity (Wildman–Crippen MR) is 99.6 cm³/mol. The first-order valence-corrected chi connectivity index (χ1v) is 9.39. The number of nitrogens with zero attached hydrogens (tertiary/aromatic N) is 3. The van der Waals surface area contributed by atoms with E-state index in [1.165, 1.54) is 4.70 Å². The van der Waals surface area contributed by atoms with Gasteiger partial charge >= 0.3 is 0 Å². The Kier molecular flexibility index (Phi) is 5.65. The minimum absolute atomic E-state index is 0.0261. The third kappa shape index (κ3) is 4.55. The second-order valence-corrected chi connectivity index (χ2v) is 7.78. The minimum Gasteiger partial charge on any atom is -0.355 e. The monoisotopic (exact) mass is 360 g/mol. The summed E-state index contributed by atoms with van der Waals surface area (Å²) < 4.78 is 1.17. The molecule has 1 fully saturated rings. The minimum atomic E-state index is -0.231. The molecule has 1 saturated heterocycles. The van der Waals surface area contributed by atoms with E-state index in [4.69, 9.17) is 0 Å². The van der Waals surface area contributed by atoms with Crippen molar-refractivity contribution in [1.82, 2.24) is 20.1 Å². The smallest absolute Gasteiger partial charge is 0.225 e. The average molecular weight is 360 g/mol. The van der Waals surface area contributed by atoms with Gasteiger partial charge in [-0.25, -0.2) is 4.98 Å². The number of nitrogens with one attached hydrogen (secondary N) is 1. The highest BCUT2D eigenvalue weighted by Crippen LogP contribution is 2.22. The Morgan fingerprint density at radius 1 is 1.40 bits per heavy atom. The Labute approximate surface area is 151 Å². The van der Waals surface area contributed by atoms with Gasteiger partial charge in [0, 0.05) is 39.0 Å². The number of likely N-dealkylation sites (N-methyl/N-ethyl adjacent to an activating group) is 1. The summed E-state index contributed by atoms with van der Waals surface area (Å²) in [5.41, 5.74) is 1.01. The number of fused-ring (bicyclic) bond motifs is 1. The van der Waals surface area contributed by atoms with Crippen LogP contribution < -0.4 is 5.32 Å². The van der Waals surface area contributed by atoms with Crippen LogP contribution in [0.5, 0.6) is 0 Å². The lowest BCUT2D eigenvalue weighted by atomic mass is 10.1. The number of rotatable bonds is 7. The molecular weight excluding hydrogens is 336 g/mol. The van der Waals surface area contributed by atoms with Gasteiger partial charge in [0.1, 0.15) is 0 Å². The molecule has 0 aliphatic carbocycles. The molecule has 1 aliphatic rings. The number of para-hydroxylation sites is 1. The van der Waals surface area contributed by atoms with Crippen molar-refractivity contribution in [1.29, 1.82) is 0 Å². The molecule has 6 nitrogen and oxygen atoms in total. The van der Waals surface area contributed by atoms with Gasteiger partial charge in [-0.1, -0.05) is 12.1 Å². The molecule has 1 atom stereocenters. The Balaban J connectivity index is 1.45. The van der Waals surface area contributed by atoms with Crippen molar-refractivity contribution in [3.63, 3.8) is 0 Å². The number of likely N-dealkylation sites (tertiary alicyclic amines) is 1. The molecule has 25 heavy (non-hydrogen) atoms. The van der Waals surface area contributed by atoms with E-state index >= 15 is 0 Å². The number of hydrogen-bond donors (Lipinski definition) is 1. The predicted octanol–water partition coefficient (Wildman–Crippen LogP) is 1.37. The fourth-order valence-corrected chi connectivity index (χ4v) is 3.92. The second kappa shape index (κ2) is 7.93. The summed E-state index contributed by atoms with van der Waals surface area (Å²) in [6, 6.07) is 8.04. The van der Waals surface area contributed by atoms with Gasteiger partial charge in [0.25, 0.3) is 0 Å². The van der Waals surface area contributed by atoms with E-state index in [0.29, 0.717) is 26.1 Å². The Hall–Kier alpha value is -1.99. The normalized spacial score (nSPS) is 17.6. The summed E-state index contributed by atoms with van der Waals surface area (Å²) in [5, 5.41) is 3.99. The summed E-state index contributed by atoms with van der Waals surface area (Å²) in [6.07, 6.45) is 1.04. The lowest BCUT2D eigenvalue weighted by Crippen LogP contribution is -2.36. The lowest BCUT2D eigenvalue weighted by Gasteiger charge is -2.19. The van der Waals surface area contributed by atoms with Crippen molar-refractivity contribution in [2.45, 2.75) is 12.8 Å².